The van der Waals surface area contributed by atoms with Crippen LogP contribution in [0, 0.1) is 6.92 Å². The molecule has 0 aliphatic heterocycles. The predicted octanol–water partition coefficient (Wildman–Crippen LogP) is 5.06. The maximum atomic E-state index is 12.4. The summed E-state index contributed by atoms with van der Waals surface area (Å²) in [4.78, 5) is 16.8. The largest absolute Gasteiger partial charge is 0.325 e. The van der Waals surface area contributed by atoms with Gasteiger partial charge in [-0.15, -0.1) is 5.10 Å². The van der Waals surface area contributed by atoms with Crippen LogP contribution in [0.1, 0.15) is 23.9 Å². The number of benzene rings is 2. The van der Waals surface area contributed by atoms with E-state index < -0.39 is 0 Å². The standard InChI is InChI=1S/C20H19ClN4OS/c1-13-8-10-16(21)12-17(13)22-19(26)14(2)27-20-23-18(24-25-20)11-9-15-6-4-3-5-7-15/h3-12,14H,1-2H3,(H,22,26)(H,23,24,25)/b11-9+. The van der Waals surface area contributed by atoms with Crippen molar-refractivity contribution in [1.29, 1.82) is 0 Å². The quantitative estimate of drug-likeness (QED) is 0.569. The number of anilines is 1. The Morgan fingerprint density at radius 3 is 2.78 bits per heavy atom. The van der Waals surface area contributed by atoms with Gasteiger partial charge in [0.25, 0.3) is 0 Å². The van der Waals surface area contributed by atoms with Gasteiger partial charge in [0, 0.05) is 10.7 Å². The van der Waals surface area contributed by atoms with Gasteiger partial charge in [0.05, 0.1) is 5.25 Å². The molecule has 1 aromatic heterocycles. The zero-order valence-corrected chi connectivity index (χ0v) is 16.5. The molecule has 2 aromatic carbocycles. The molecule has 138 valence electrons. The zero-order valence-electron chi connectivity index (χ0n) is 14.9. The fourth-order valence-electron chi connectivity index (χ4n) is 2.30. The first-order valence-electron chi connectivity index (χ1n) is 8.40. The van der Waals surface area contributed by atoms with Crippen LogP contribution in [0.4, 0.5) is 5.69 Å². The highest BCUT2D eigenvalue weighted by Crippen LogP contribution is 2.24. The number of aryl methyl sites for hydroxylation is 1. The maximum Gasteiger partial charge on any atom is 0.237 e. The van der Waals surface area contributed by atoms with E-state index in [0.717, 1.165) is 11.1 Å². The van der Waals surface area contributed by atoms with Gasteiger partial charge in [-0.25, -0.2) is 4.98 Å². The summed E-state index contributed by atoms with van der Waals surface area (Å²) in [6, 6.07) is 15.3. The molecule has 5 nitrogen and oxygen atoms in total. The van der Waals surface area contributed by atoms with Crippen molar-refractivity contribution in [2.75, 3.05) is 5.32 Å². The first kappa shape index (κ1) is 19.2. The van der Waals surface area contributed by atoms with Crippen molar-refractivity contribution >= 4 is 47.1 Å². The molecule has 1 amide bonds. The lowest BCUT2D eigenvalue weighted by atomic mass is 10.2. The maximum absolute atomic E-state index is 12.4. The van der Waals surface area contributed by atoms with Gasteiger partial charge < -0.3 is 5.32 Å². The number of thioether (sulfide) groups is 1. The number of hydrogen-bond acceptors (Lipinski definition) is 4. The van der Waals surface area contributed by atoms with E-state index in [1.54, 1.807) is 12.1 Å². The van der Waals surface area contributed by atoms with Gasteiger partial charge in [-0.3, -0.25) is 9.89 Å². The second kappa shape index (κ2) is 8.88. The Kier molecular flexibility index (Phi) is 6.32. The Bertz CT molecular complexity index is 956. The number of nitrogens with one attached hydrogen (secondary N) is 2. The Morgan fingerprint density at radius 1 is 1.22 bits per heavy atom. The molecular formula is C20H19ClN4OS. The Hall–Kier alpha value is -2.57. The van der Waals surface area contributed by atoms with Crippen LogP contribution >= 0.6 is 23.4 Å². The van der Waals surface area contributed by atoms with Gasteiger partial charge in [0.2, 0.25) is 11.1 Å². The second-order valence-electron chi connectivity index (χ2n) is 5.96. The number of aromatic nitrogens is 3. The van der Waals surface area contributed by atoms with Gasteiger partial charge in [-0.2, -0.15) is 0 Å². The molecule has 0 fully saturated rings. The molecule has 0 bridgehead atoms. The number of hydrogen-bond donors (Lipinski definition) is 2. The van der Waals surface area contributed by atoms with E-state index in [1.165, 1.54) is 11.8 Å². The first-order chi connectivity index (χ1) is 13.0. The molecule has 0 spiro atoms. The van der Waals surface area contributed by atoms with Crippen molar-refractivity contribution in [3.63, 3.8) is 0 Å². The van der Waals surface area contributed by atoms with Crippen molar-refractivity contribution in [3.05, 3.63) is 70.5 Å². The number of nitrogens with zero attached hydrogens (tertiary/aromatic N) is 2. The van der Waals surface area contributed by atoms with E-state index in [2.05, 4.69) is 20.5 Å². The molecule has 0 aliphatic rings. The molecule has 7 heteroatoms. The Morgan fingerprint density at radius 2 is 2.00 bits per heavy atom. The van der Waals surface area contributed by atoms with Gasteiger partial charge in [0.1, 0.15) is 5.82 Å². The molecule has 1 atom stereocenters. The molecule has 1 heterocycles. The molecule has 3 aromatic rings. The summed E-state index contributed by atoms with van der Waals surface area (Å²) in [6.07, 6.45) is 3.81. The van der Waals surface area contributed by atoms with Gasteiger partial charge in [-0.05, 0) is 43.2 Å². The summed E-state index contributed by atoms with van der Waals surface area (Å²) >= 11 is 7.29. The van der Waals surface area contributed by atoms with Crippen molar-refractivity contribution < 1.29 is 4.79 Å². The number of carbonyl (C=O) groups is 1. The lowest BCUT2D eigenvalue weighted by molar-refractivity contribution is -0.115. The van der Waals surface area contributed by atoms with E-state index in [4.69, 9.17) is 11.6 Å². The van der Waals surface area contributed by atoms with Crippen molar-refractivity contribution in [3.8, 4) is 0 Å². The van der Waals surface area contributed by atoms with Crippen LogP contribution in [-0.4, -0.2) is 26.3 Å². The Labute approximate surface area is 167 Å². The number of H-pyrrole nitrogens is 1. The normalized spacial score (nSPS) is 12.3. The molecular weight excluding hydrogens is 380 g/mol. The van der Waals surface area contributed by atoms with E-state index in [-0.39, 0.29) is 11.2 Å². The molecule has 0 radical (unpaired) electrons. The molecule has 3 rings (SSSR count). The van der Waals surface area contributed by atoms with Gasteiger partial charge >= 0.3 is 0 Å². The molecule has 27 heavy (non-hydrogen) atoms. The van der Waals surface area contributed by atoms with Crippen LogP contribution in [-0.2, 0) is 4.79 Å². The van der Waals surface area contributed by atoms with E-state index >= 15 is 0 Å². The van der Waals surface area contributed by atoms with Crippen LogP contribution < -0.4 is 5.32 Å². The molecule has 0 saturated heterocycles. The number of carbonyl (C=O) groups excluding carboxylic acids is 1. The summed E-state index contributed by atoms with van der Waals surface area (Å²) in [5.41, 5.74) is 2.74. The highest BCUT2D eigenvalue weighted by molar-refractivity contribution is 8.00. The third-order valence-electron chi connectivity index (χ3n) is 3.82. The van der Waals surface area contributed by atoms with E-state index in [0.29, 0.717) is 21.7 Å². The van der Waals surface area contributed by atoms with Crippen molar-refractivity contribution in [2.45, 2.75) is 24.3 Å². The zero-order chi connectivity index (χ0) is 19.2. The number of aromatic amines is 1. The van der Waals surface area contributed by atoms with Crippen LogP contribution in [0.5, 0.6) is 0 Å². The van der Waals surface area contributed by atoms with Crippen LogP contribution in [0.15, 0.2) is 53.7 Å². The van der Waals surface area contributed by atoms with E-state index in [9.17, 15) is 4.79 Å². The van der Waals surface area contributed by atoms with Gasteiger partial charge in [-0.1, -0.05) is 65.8 Å². The highest BCUT2D eigenvalue weighted by atomic mass is 35.5. The summed E-state index contributed by atoms with van der Waals surface area (Å²) in [6.45, 7) is 3.74. The lowest BCUT2D eigenvalue weighted by Gasteiger charge is -2.12. The summed E-state index contributed by atoms with van der Waals surface area (Å²) < 4.78 is 0. The van der Waals surface area contributed by atoms with E-state index in [1.807, 2.05) is 62.4 Å². The summed E-state index contributed by atoms with van der Waals surface area (Å²) in [5, 5.41) is 10.7. The highest BCUT2D eigenvalue weighted by Gasteiger charge is 2.17. The molecule has 2 N–H and O–H groups in total. The topological polar surface area (TPSA) is 70.7 Å². The SMILES string of the molecule is Cc1ccc(Cl)cc1NC(=O)C(C)Sc1n[nH]c(/C=C/c2ccccc2)n1. The second-order valence-corrected chi connectivity index (χ2v) is 7.70. The van der Waals surface area contributed by atoms with Crippen LogP contribution in [0.25, 0.3) is 12.2 Å². The van der Waals surface area contributed by atoms with Gasteiger partial charge in [0.15, 0.2) is 0 Å². The Balaban J connectivity index is 1.60. The predicted molar refractivity (Wildman–Crippen MR) is 112 cm³/mol. The fraction of sp³-hybridized carbons (Fsp3) is 0.150. The van der Waals surface area contributed by atoms with Crippen molar-refractivity contribution in [2.24, 2.45) is 0 Å². The fourth-order valence-corrected chi connectivity index (χ4v) is 3.20. The summed E-state index contributed by atoms with van der Waals surface area (Å²) in [7, 11) is 0. The monoisotopic (exact) mass is 398 g/mol. The third kappa shape index (κ3) is 5.45. The molecule has 1 unspecified atom stereocenters. The van der Waals surface area contributed by atoms with Crippen LogP contribution in [0.2, 0.25) is 5.02 Å². The number of rotatable bonds is 6. The smallest absolute Gasteiger partial charge is 0.237 e. The minimum absolute atomic E-state index is 0.128. The minimum atomic E-state index is -0.356. The minimum Gasteiger partial charge on any atom is -0.325 e. The first-order valence-corrected chi connectivity index (χ1v) is 9.66. The average Bonchev–Trinajstić information content (AvgIpc) is 3.11. The van der Waals surface area contributed by atoms with Crippen molar-refractivity contribution in [1.82, 2.24) is 15.2 Å². The summed E-state index contributed by atoms with van der Waals surface area (Å²) in [5.74, 6) is 0.510. The lowest BCUT2D eigenvalue weighted by Crippen LogP contribution is -2.23. The third-order valence-corrected chi connectivity index (χ3v) is 5.02. The number of halogens is 1. The molecule has 0 saturated carbocycles. The molecule has 0 aliphatic carbocycles. The average molecular weight is 399 g/mol. The number of amides is 1. The van der Waals surface area contributed by atoms with Crippen LogP contribution in [0.3, 0.4) is 0 Å².